The molecule has 0 fully saturated rings. The largest absolute Gasteiger partial charge is 0.493 e. The monoisotopic (exact) mass is 1220 g/mol. The third kappa shape index (κ3) is 24.7. The molecule has 0 aliphatic heterocycles. The average molecular weight is 1220 g/mol. The van der Waals surface area contributed by atoms with Crippen molar-refractivity contribution in [2.24, 2.45) is 0 Å². The summed E-state index contributed by atoms with van der Waals surface area (Å²) in [4.78, 5) is 0. The zero-order valence-corrected chi connectivity index (χ0v) is 59.3. The summed E-state index contributed by atoms with van der Waals surface area (Å²) in [5.41, 5.74) is 24.4. The summed E-state index contributed by atoms with van der Waals surface area (Å²) in [5, 5.41) is 0. The second-order valence-corrected chi connectivity index (χ2v) is 26.9. The Hall–Kier alpha value is -6.64. The van der Waals surface area contributed by atoms with Crippen LogP contribution in [0.1, 0.15) is 250 Å². The topological polar surface area (TPSA) is 18.5 Å². The van der Waals surface area contributed by atoms with Crippen LogP contribution in [0.5, 0.6) is 11.5 Å². The molecule has 1 aliphatic rings. The maximum atomic E-state index is 6.00. The molecule has 1 aliphatic carbocycles. The van der Waals surface area contributed by atoms with Crippen molar-refractivity contribution < 1.29 is 9.47 Å². The van der Waals surface area contributed by atoms with Crippen LogP contribution in [0, 0.1) is 55.4 Å². The molecule has 0 radical (unpaired) electrons. The van der Waals surface area contributed by atoms with E-state index in [-0.39, 0.29) is 5.41 Å². The highest BCUT2D eigenvalue weighted by atomic mass is 16.5. The van der Waals surface area contributed by atoms with Gasteiger partial charge in [-0.15, -0.1) is 0 Å². The van der Waals surface area contributed by atoms with Crippen molar-refractivity contribution in [1.82, 2.24) is 0 Å². The third-order valence-corrected chi connectivity index (χ3v) is 18.7. The Bertz CT molecular complexity index is 3030. The van der Waals surface area contributed by atoms with Crippen LogP contribution >= 0.6 is 0 Å². The predicted molar refractivity (Wildman–Crippen MR) is 400 cm³/mol. The molecule has 0 N–H and O–H groups in total. The van der Waals surface area contributed by atoms with Gasteiger partial charge in [-0.1, -0.05) is 348 Å². The van der Waals surface area contributed by atoms with Gasteiger partial charge in [-0.3, -0.25) is 0 Å². The first-order valence-corrected chi connectivity index (χ1v) is 36.3. The van der Waals surface area contributed by atoms with Crippen molar-refractivity contribution in [3.05, 3.63) is 225 Å². The summed E-state index contributed by atoms with van der Waals surface area (Å²) in [7, 11) is 0. The number of ether oxygens (including phenoxy) is 2. The summed E-state index contributed by atoms with van der Waals surface area (Å²) in [6.07, 6.45) is 34.2. The van der Waals surface area contributed by atoms with Crippen LogP contribution in [0.3, 0.4) is 0 Å². The third-order valence-electron chi connectivity index (χ3n) is 18.7. The Morgan fingerprint density at radius 2 is 0.473 bits per heavy atom. The molecule has 0 aromatic heterocycles. The average Bonchev–Trinajstić information content (AvgIpc) is 1.57. The first-order chi connectivity index (χ1) is 44.3. The van der Waals surface area contributed by atoms with Crippen LogP contribution in [-0.4, -0.2) is 13.2 Å². The molecule has 2 nitrogen and oxygen atoms in total. The maximum Gasteiger partial charge on any atom is 0.122 e. The van der Waals surface area contributed by atoms with Crippen molar-refractivity contribution in [3.8, 4) is 56.0 Å². The second-order valence-electron chi connectivity index (χ2n) is 26.9. The zero-order chi connectivity index (χ0) is 65.1. The minimum absolute atomic E-state index is 0.0849. The minimum Gasteiger partial charge on any atom is -0.493 e. The maximum absolute atomic E-state index is 6.00. The van der Waals surface area contributed by atoms with E-state index in [0.29, 0.717) is 0 Å². The number of aryl methyl sites for hydroxylation is 8. The highest BCUT2D eigenvalue weighted by molar-refractivity contribution is 5.86. The van der Waals surface area contributed by atoms with Gasteiger partial charge in [0, 0.05) is 5.41 Å². The lowest BCUT2D eigenvalue weighted by Crippen LogP contribution is -2.25. The van der Waals surface area contributed by atoms with Crippen molar-refractivity contribution in [3.63, 3.8) is 0 Å². The molecule has 0 amide bonds. The zero-order valence-electron chi connectivity index (χ0n) is 59.3. The van der Waals surface area contributed by atoms with Crippen LogP contribution in [-0.2, 0) is 5.41 Å². The van der Waals surface area contributed by atoms with E-state index in [1.807, 2.05) is 0 Å². The number of fused-ring (bicyclic) bond motifs is 3. The lowest BCUT2D eigenvalue weighted by molar-refractivity contribution is 0.293. The van der Waals surface area contributed by atoms with Crippen molar-refractivity contribution in [1.29, 1.82) is 0 Å². The Morgan fingerprint density at radius 3 is 0.758 bits per heavy atom. The van der Waals surface area contributed by atoms with Gasteiger partial charge in [0.05, 0.1) is 13.2 Å². The highest BCUT2D eigenvalue weighted by Gasteiger charge is 2.42. The Morgan fingerprint density at radius 1 is 0.242 bits per heavy atom. The van der Waals surface area contributed by atoms with Crippen molar-refractivity contribution in [2.75, 3.05) is 13.2 Å². The summed E-state index contributed by atoms with van der Waals surface area (Å²) < 4.78 is 12.0. The molecular formula is C89H120O2. The van der Waals surface area contributed by atoms with E-state index in [9.17, 15) is 0 Å². The van der Waals surface area contributed by atoms with Gasteiger partial charge in [0.15, 0.2) is 0 Å². The van der Waals surface area contributed by atoms with Gasteiger partial charge >= 0.3 is 0 Å². The highest BCUT2D eigenvalue weighted by Crippen LogP contribution is 2.56. The van der Waals surface area contributed by atoms with Gasteiger partial charge in [-0.25, -0.2) is 0 Å². The molecule has 0 saturated carbocycles. The Balaban J connectivity index is 0.000000229. The molecule has 91 heavy (non-hydrogen) atoms. The predicted octanol–water partition coefficient (Wildman–Crippen LogP) is 27.5. The molecule has 0 atom stereocenters. The van der Waals surface area contributed by atoms with E-state index >= 15 is 0 Å². The van der Waals surface area contributed by atoms with Crippen LogP contribution in [0.25, 0.3) is 44.5 Å². The van der Waals surface area contributed by atoms with Crippen LogP contribution in [0.15, 0.2) is 170 Å². The molecule has 0 bridgehead atoms. The summed E-state index contributed by atoms with van der Waals surface area (Å²) in [5.74, 6) is 2.03. The number of hydrogen-bond donors (Lipinski definition) is 0. The lowest BCUT2D eigenvalue weighted by atomic mass is 9.70. The molecule has 8 aromatic rings. The standard InChI is InChI=1S/C43H54.C24H42O2.C14H14.C8H10/c1-5-7-9-11-13-15-29-43(30-16-14-12-10-8-6-2)41-31-37(35-21-17-33(3)18-22-35)25-27-39(41)40-28-26-38(32-42(40)43)36-23-19-34(4)20-24-36;1-5-7-9-11-13-15-17-25-23-19-22(4)24(20-21(23)3)26-18-16-14-12-10-8-6-2;1-11-3-7-13(8-4-11)14-9-5-12(2)6-10-14;1-7-3-5-8(2)6-4-7/h17-28,31-32H,5-16,29-30H2,1-4H3;19-20H,5-18H2,1-4H3;3-10H,1-2H3;3-6H,1-2H3. The molecule has 488 valence electrons. The smallest absolute Gasteiger partial charge is 0.122 e. The van der Waals surface area contributed by atoms with Gasteiger partial charge < -0.3 is 9.47 Å². The molecule has 8 aromatic carbocycles. The van der Waals surface area contributed by atoms with Crippen LogP contribution in [0.2, 0.25) is 0 Å². The van der Waals surface area contributed by atoms with Crippen LogP contribution < -0.4 is 9.47 Å². The molecule has 0 unspecified atom stereocenters. The first-order valence-electron chi connectivity index (χ1n) is 36.3. The van der Waals surface area contributed by atoms with Gasteiger partial charge in [0.1, 0.15) is 11.5 Å². The SMILES string of the molecule is CCCCCCCCC1(CCCCCCCC)c2cc(-c3ccc(C)cc3)ccc2-c2ccc(-c3ccc(C)cc3)cc21.CCCCCCCCOc1cc(C)c(OCCCCCCCC)cc1C.Cc1ccc(-c2ccc(C)cc2)cc1.Cc1ccc(C)cc1. The molecule has 2 heteroatoms. The quantitative estimate of drug-likeness (QED) is 0.0382. The fraction of sp³-hybridized carbons (Fsp3) is 0.461. The van der Waals surface area contributed by atoms with E-state index in [0.717, 1.165) is 37.6 Å². The van der Waals surface area contributed by atoms with E-state index in [4.69, 9.17) is 9.47 Å². The fourth-order valence-corrected chi connectivity index (χ4v) is 12.8. The fourth-order valence-electron chi connectivity index (χ4n) is 12.8. The van der Waals surface area contributed by atoms with E-state index in [2.05, 4.69) is 253 Å². The molecular weight excluding hydrogens is 1100 g/mol. The first kappa shape index (κ1) is 73.4. The van der Waals surface area contributed by atoms with Crippen molar-refractivity contribution in [2.45, 2.75) is 255 Å². The number of hydrogen-bond acceptors (Lipinski definition) is 2. The van der Waals surface area contributed by atoms with E-state index in [1.165, 1.54) is 243 Å². The summed E-state index contributed by atoms with van der Waals surface area (Å²) in [6, 6.07) is 63.0. The number of unbranched alkanes of at least 4 members (excludes halogenated alkanes) is 20. The molecule has 0 heterocycles. The van der Waals surface area contributed by atoms with Gasteiger partial charge in [0.2, 0.25) is 0 Å². The van der Waals surface area contributed by atoms with E-state index in [1.54, 1.807) is 11.1 Å². The van der Waals surface area contributed by atoms with Crippen LogP contribution in [0.4, 0.5) is 0 Å². The van der Waals surface area contributed by atoms with Gasteiger partial charge in [0.25, 0.3) is 0 Å². The van der Waals surface area contributed by atoms with Crippen molar-refractivity contribution >= 4 is 0 Å². The Kier molecular flexibility index (Phi) is 33.1. The van der Waals surface area contributed by atoms with E-state index < -0.39 is 0 Å². The van der Waals surface area contributed by atoms with Gasteiger partial charge in [-0.05, 0) is 172 Å². The normalized spacial score (nSPS) is 11.7. The number of rotatable bonds is 33. The molecule has 0 spiro atoms. The summed E-state index contributed by atoms with van der Waals surface area (Å²) in [6.45, 7) is 27.8. The minimum atomic E-state index is 0.0849. The lowest BCUT2D eigenvalue weighted by Gasteiger charge is -2.33. The Labute approximate surface area is 556 Å². The van der Waals surface area contributed by atoms with Gasteiger partial charge in [-0.2, -0.15) is 0 Å². The second kappa shape index (κ2) is 41.1. The molecule has 9 rings (SSSR count). The number of benzene rings is 8. The summed E-state index contributed by atoms with van der Waals surface area (Å²) >= 11 is 0. The molecule has 0 saturated heterocycles.